The summed E-state index contributed by atoms with van der Waals surface area (Å²) in [6.07, 6.45) is 1.33. The molecule has 2 heterocycles. The van der Waals surface area contributed by atoms with Gasteiger partial charge in [-0.2, -0.15) is 0 Å². The Hall–Kier alpha value is -2.82. The number of aromatic nitrogens is 5. The number of rotatable bonds is 13. The molecule has 0 unspecified atom stereocenters. The van der Waals surface area contributed by atoms with E-state index in [1.54, 1.807) is 11.8 Å². The van der Waals surface area contributed by atoms with E-state index >= 15 is 0 Å². The maximum absolute atomic E-state index is 12.8. The maximum Gasteiger partial charge on any atom is 0.252 e. The van der Waals surface area contributed by atoms with Gasteiger partial charge in [0.05, 0.1) is 25.8 Å². The number of benzene rings is 1. The van der Waals surface area contributed by atoms with Crippen molar-refractivity contribution in [2.45, 2.75) is 45.8 Å². The molecule has 0 saturated carbocycles. The van der Waals surface area contributed by atoms with Crippen molar-refractivity contribution in [1.82, 2.24) is 30.1 Å². The van der Waals surface area contributed by atoms with E-state index in [-0.39, 0.29) is 18.2 Å². The fraction of sp³-hybridized carbons (Fsp3) is 0.545. The van der Waals surface area contributed by atoms with Crippen LogP contribution in [0.25, 0.3) is 10.9 Å². The Balaban J connectivity index is 1.93. The Kier molecular flexibility index (Phi) is 8.72. The Morgan fingerprint density at radius 3 is 2.84 bits per heavy atom. The third-order valence-corrected chi connectivity index (χ3v) is 5.37. The molecule has 0 radical (unpaired) electrons. The first-order valence-electron chi connectivity index (χ1n) is 11.0. The second kappa shape index (κ2) is 11.7. The van der Waals surface area contributed by atoms with Crippen molar-refractivity contribution in [3.05, 3.63) is 46.0 Å². The molecule has 0 aliphatic carbocycles. The molecule has 32 heavy (non-hydrogen) atoms. The lowest BCUT2D eigenvalue weighted by Gasteiger charge is -2.30. The molecule has 3 aromatic rings. The number of pyridine rings is 1. The summed E-state index contributed by atoms with van der Waals surface area (Å²) in [7, 11) is 1.64. The summed E-state index contributed by atoms with van der Waals surface area (Å²) < 4.78 is 12.5. The van der Waals surface area contributed by atoms with E-state index in [4.69, 9.17) is 9.47 Å². The van der Waals surface area contributed by atoms with Gasteiger partial charge in [-0.15, -0.1) is 5.10 Å². The van der Waals surface area contributed by atoms with E-state index < -0.39 is 0 Å². The minimum absolute atomic E-state index is 0.0628. The normalized spacial score (nSPS) is 12.5. The average Bonchev–Trinajstić information content (AvgIpc) is 3.25. The number of H-pyrrole nitrogens is 1. The standard InChI is InChI=1S/C22H32N6O4/c1-4-20(21-24-25-26-28(21)10-12-31-3)27(9-6-11-29)15-17-13-16-14-18(32-5-2)7-8-19(16)23-22(17)30/h7-8,13-14,20,29H,4-6,9-12,15H2,1-3H3,(H,23,30)/t20-/m1/s1. The molecule has 0 aliphatic rings. The van der Waals surface area contributed by atoms with Crippen LogP contribution in [0.5, 0.6) is 5.75 Å². The van der Waals surface area contributed by atoms with Crippen molar-refractivity contribution < 1.29 is 14.6 Å². The van der Waals surface area contributed by atoms with E-state index in [2.05, 4.69) is 32.3 Å². The molecule has 2 N–H and O–H groups in total. The number of aromatic amines is 1. The smallest absolute Gasteiger partial charge is 0.252 e. The van der Waals surface area contributed by atoms with E-state index in [1.165, 1.54) is 0 Å². The minimum Gasteiger partial charge on any atom is -0.494 e. The molecule has 10 heteroatoms. The lowest BCUT2D eigenvalue weighted by molar-refractivity contribution is 0.145. The lowest BCUT2D eigenvalue weighted by Crippen LogP contribution is -2.34. The Labute approximate surface area is 187 Å². The van der Waals surface area contributed by atoms with Gasteiger partial charge in [-0.25, -0.2) is 4.68 Å². The van der Waals surface area contributed by atoms with Crippen LogP contribution in [-0.4, -0.2) is 68.7 Å². The van der Waals surface area contributed by atoms with Gasteiger partial charge in [0.15, 0.2) is 5.82 Å². The molecule has 10 nitrogen and oxygen atoms in total. The quantitative estimate of drug-likeness (QED) is 0.410. The highest BCUT2D eigenvalue weighted by Crippen LogP contribution is 2.25. The Bertz CT molecular complexity index is 1050. The summed E-state index contributed by atoms with van der Waals surface area (Å²) in [5.74, 6) is 1.48. The van der Waals surface area contributed by atoms with Crippen LogP contribution in [0.15, 0.2) is 29.1 Å². The second-order valence-electron chi connectivity index (χ2n) is 7.53. The number of tetrazole rings is 1. The van der Waals surface area contributed by atoms with Gasteiger partial charge in [0, 0.05) is 43.3 Å². The van der Waals surface area contributed by atoms with Gasteiger partial charge in [-0.3, -0.25) is 9.69 Å². The number of nitrogens with zero attached hydrogens (tertiary/aromatic N) is 5. The summed E-state index contributed by atoms with van der Waals surface area (Å²) in [6, 6.07) is 7.43. The zero-order valence-corrected chi connectivity index (χ0v) is 19.0. The van der Waals surface area contributed by atoms with E-state index in [0.29, 0.717) is 44.8 Å². The number of hydrogen-bond donors (Lipinski definition) is 2. The van der Waals surface area contributed by atoms with Crippen molar-refractivity contribution in [2.24, 2.45) is 0 Å². The zero-order chi connectivity index (χ0) is 22.9. The number of ether oxygens (including phenoxy) is 2. The molecule has 1 atom stereocenters. The van der Waals surface area contributed by atoms with Gasteiger partial charge >= 0.3 is 0 Å². The van der Waals surface area contributed by atoms with Crippen molar-refractivity contribution in [2.75, 3.05) is 33.5 Å². The fourth-order valence-corrected chi connectivity index (χ4v) is 3.83. The third kappa shape index (κ3) is 5.70. The van der Waals surface area contributed by atoms with Gasteiger partial charge in [-0.05, 0) is 54.5 Å². The molecule has 0 amide bonds. The Morgan fingerprint density at radius 2 is 2.12 bits per heavy atom. The van der Waals surface area contributed by atoms with Crippen LogP contribution in [0.3, 0.4) is 0 Å². The molecular formula is C22H32N6O4. The van der Waals surface area contributed by atoms with Gasteiger partial charge < -0.3 is 19.6 Å². The molecule has 3 rings (SSSR count). The monoisotopic (exact) mass is 444 g/mol. The number of methoxy groups -OCH3 is 1. The SMILES string of the molecule is CCOc1ccc2[nH]c(=O)c(CN(CCCO)[C@H](CC)c3nnnn3CCOC)cc2c1. The predicted molar refractivity (Wildman–Crippen MR) is 121 cm³/mol. The summed E-state index contributed by atoms with van der Waals surface area (Å²) in [5.41, 5.74) is 1.27. The highest BCUT2D eigenvalue weighted by molar-refractivity contribution is 5.80. The molecule has 0 fully saturated rings. The molecule has 0 saturated heterocycles. The van der Waals surface area contributed by atoms with E-state index in [0.717, 1.165) is 28.9 Å². The average molecular weight is 445 g/mol. The molecule has 0 aliphatic heterocycles. The van der Waals surface area contributed by atoms with Gasteiger partial charge in [0.25, 0.3) is 5.56 Å². The van der Waals surface area contributed by atoms with Crippen LogP contribution >= 0.6 is 0 Å². The lowest BCUT2D eigenvalue weighted by atomic mass is 10.1. The first-order chi connectivity index (χ1) is 15.6. The van der Waals surface area contributed by atoms with Crippen LogP contribution in [0.4, 0.5) is 0 Å². The predicted octanol–water partition coefficient (Wildman–Crippen LogP) is 1.90. The molecule has 0 spiro atoms. The molecular weight excluding hydrogens is 412 g/mol. The van der Waals surface area contributed by atoms with Crippen LogP contribution in [0.1, 0.15) is 44.1 Å². The van der Waals surface area contributed by atoms with Crippen LogP contribution in [-0.2, 0) is 17.8 Å². The van der Waals surface area contributed by atoms with Crippen molar-refractivity contribution in [1.29, 1.82) is 0 Å². The van der Waals surface area contributed by atoms with E-state index in [9.17, 15) is 9.90 Å². The molecule has 174 valence electrons. The summed E-state index contributed by atoms with van der Waals surface area (Å²) in [5, 5.41) is 22.6. The number of nitrogens with one attached hydrogen (secondary N) is 1. The number of aliphatic hydroxyl groups is 1. The topological polar surface area (TPSA) is 118 Å². The second-order valence-corrected chi connectivity index (χ2v) is 7.53. The van der Waals surface area contributed by atoms with E-state index in [1.807, 2.05) is 31.2 Å². The maximum atomic E-state index is 12.8. The minimum atomic E-state index is -0.135. The summed E-state index contributed by atoms with van der Waals surface area (Å²) in [4.78, 5) is 18.0. The first-order valence-corrected chi connectivity index (χ1v) is 11.0. The Morgan fingerprint density at radius 1 is 1.28 bits per heavy atom. The first kappa shape index (κ1) is 23.8. The molecule has 2 aromatic heterocycles. The van der Waals surface area contributed by atoms with Crippen molar-refractivity contribution >= 4 is 10.9 Å². The van der Waals surface area contributed by atoms with Crippen LogP contribution < -0.4 is 10.3 Å². The molecule has 0 bridgehead atoms. The summed E-state index contributed by atoms with van der Waals surface area (Å²) in [6.45, 7) is 6.68. The van der Waals surface area contributed by atoms with Crippen LogP contribution in [0, 0.1) is 0 Å². The third-order valence-electron chi connectivity index (χ3n) is 5.37. The van der Waals surface area contributed by atoms with Gasteiger partial charge in [0.2, 0.25) is 0 Å². The van der Waals surface area contributed by atoms with Crippen molar-refractivity contribution in [3.63, 3.8) is 0 Å². The zero-order valence-electron chi connectivity index (χ0n) is 19.0. The number of fused-ring (bicyclic) bond motifs is 1. The fourth-order valence-electron chi connectivity index (χ4n) is 3.83. The highest BCUT2D eigenvalue weighted by atomic mass is 16.5. The van der Waals surface area contributed by atoms with Crippen molar-refractivity contribution in [3.8, 4) is 5.75 Å². The highest BCUT2D eigenvalue weighted by Gasteiger charge is 2.25. The summed E-state index contributed by atoms with van der Waals surface area (Å²) >= 11 is 0. The number of aliphatic hydroxyl groups excluding tert-OH is 1. The molecule has 1 aromatic carbocycles. The number of hydrogen-bond acceptors (Lipinski definition) is 8. The van der Waals surface area contributed by atoms with Gasteiger partial charge in [0.1, 0.15) is 5.75 Å². The largest absolute Gasteiger partial charge is 0.494 e. The van der Waals surface area contributed by atoms with Gasteiger partial charge in [-0.1, -0.05) is 6.92 Å². The van der Waals surface area contributed by atoms with Crippen LogP contribution in [0.2, 0.25) is 0 Å².